The Morgan fingerprint density at radius 3 is 2.62 bits per heavy atom. The standard InChI is InChI=1S/C14H12BrN3O3/c15-9-5-12-13(21-4-3-20-12)6-11(9)18-14(19)10-2-1-8(16)7-17-10/h1-2,5-7H,3-4,16H2,(H,18,19). The van der Waals surface area contributed by atoms with Crippen molar-refractivity contribution in [2.75, 3.05) is 24.3 Å². The number of nitrogens with zero attached hydrogens (tertiary/aromatic N) is 1. The number of carbonyl (C=O) groups is 1. The Bertz CT molecular complexity index is 689. The Morgan fingerprint density at radius 1 is 1.24 bits per heavy atom. The predicted molar refractivity (Wildman–Crippen MR) is 81.7 cm³/mol. The highest BCUT2D eigenvalue weighted by molar-refractivity contribution is 9.10. The van der Waals surface area contributed by atoms with Crippen LogP contribution in [-0.4, -0.2) is 24.1 Å². The van der Waals surface area contributed by atoms with Gasteiger partial charge in [-0.3, -0.25) is 4.79 Å². The number of hydrogen-bond donors (Lipinski definition) is 2. The first kappa shape index (κ1) is 13.7. The molecule has 0 saturated heterocycles. The van der Waals surface area contributed by atoms with E-state index in [0.29, 0.717) is 40.6 Å². The molecular weight excluding hydrogens is 338 g/mol. The molecule has 0 bridgehead atoms. The summed E-state index contributed by atoms with van der Waals surface area (Å²) < 4.78 is 11.7. The van der Waals surface area contributed by atoms with Crippen molar-refractivity contribution >= 4 is 33.2 Å². The smallest absolute Gasteiger partial charge is 0.274 e. The molecule has 1 aromatic heterocycles. The lowest BCUT2D eigenvalue weighted by Gasteiger charge is -2.20. The summed E-state index contributed by atoms with van der Waals surface area (Å²) >= 11 is 3.40. The largest absolute Gasteiger partial charge is 0.486 e. The minimum atomic E-state index is -0.327. The first-order chi connectivity index (χ1) is 10.1. The molecular formula is C14H12BrN3O3. The maximum atomic E-state index is 12.1. The van der Waals surface area contributed by atoms with Gasteiger partial charge in [-0.1, -0.05) is 0 Å². The Balaban J connectivity index is 1.84. The van der Waals surface area contributed by atoms with E-state index in [1.54, 1.807) is 24.3 Å². The minimum Gasteiger partial charge on any atom is -0.486 e. The second kappa shape index (κ2) is 5.61. The molecule has 0 atom stereocenters. The van der Waals surface area contributed by atoms with Crippen LogP contribution in [0.3, 0.4) is 0 Å². The van der Waals surface area contributed by atoms with Gasteiger partial charge in [0.25, 0.3) is 5.91 Å². The van der Waals surface area contributed by atoms with Crippen LogP contribution in [0.25, 0.3) is 0 Å². The summed E-state index contributed by atoms with van der Waals surface area (Å²) in [6.45, 7) is 1.00. The number of nitrogen functional groups attached to an aromatic ring is 1. The summed E-state index contributed by atoms with van der Waals surface area (Å²) in [6, 6.07) is 6.67. The number of fused-ring (bicyclic) bond motifs is 1. The number of ether oxygens (including phenoxy) is 2. The van der Waals surface area contributed by atoms with Gasteiger partial charge in [0, 0.05) is 16.6 Å². The van der Waals surface area contributed by atoms with Gasteiger partial charge in [0.05, 0.1) is 17.6 Å². The molecule has 0 spiro atoms. The fraction of sp³-hybridized carbons (Fsp3) is 0.143. The van der Waals surface area contributed by atoms with Crippen LogP contribution in [0.4, 0.5) is 11.4 Å². The van der Waals surface area contributed by atoms with Crippen LogP contribution < -0.4 is 20.5 Å². The van der Waals surface area contributed by atoms with E-state index in [1.807, 2.05) is 0 Å². The van der Waals surface area contributed by atoms with Crippen LogP contribution in [0.15, 0.2) is 34.9 Å². The molecule has 2 aromatic rings. The van der Waals surface area contributed by atoms with E-state index in [1.165, 1.54) is 6.20 Å². The number of nitrogens with two attached hydrogens (primary N) is 1. The third-order valence-corrected chi connectivity index (χ3v) is 3.56. The Labute approximate surface area is 129 Å². The van der Waals surface area contributed by atoms with Gasteiger partial charge in [0.2, 0.25) is 0 Å². The maximum absolute atomic E-state index is 12.1. The molecule has 3 rings (SSSR count). The monoisotopic (exact) mass is 349 g/mol. The Kier molecular flexibility index (Phi) is 3.66. The van der Waals surface area contributed by atoms with Gasteiger partial charge in [-0.15, -0.1) is 0 Å². The molecule has 0 saturated carbocycles. The summed E-state index contributed by atoms with van der Waals surface area (Å²) in [4.78, 5) is 16.1. The lowest BCUT2D eigenvalue weighted by atomic mass is 10.2. The Hall–Kier alpha value is -2.28. The molecule has 0 aliphatic carbocycles. The maximum Gasteiger partial charge on any atom is 0.274 e. The first-order valence-electron chi connectivity index (χ1n) is 6.25. The zero-order valence-corrected chi connectivity index (χ0v) is 12.5. The van der Waals surface area contributed by atoms with E-state index in [9.17, 15) is 4.79 Å². The number of anilines is 2. The van der Waals surface area contributed by atoms with Crippen LogP contribution in [-0.2, 0) is 0 Å². The molecule has 108 valence electrons. The molecule has 6 nitrogen and oxygen atoms in total. The van der Waals surface area contributed by atoms with E-state index in [-0.39, 0.29) is 11.6 Å². The number of carbonyl (C=O) groups excluding carboxylic acids is 1. The van der Waals surface area contributed by atoms with Crippen LogP contribution >= 0.6 is 15.9 Å². The minimum absolute atomic E-state index is 0.283. The molecule has 2 heterocycles. The van der Waals surface area contributed by atoms with E-state index in [2.05, 4.69) is 26.2 Å². The van der Waals surface area contributed by atoms with Gasteiger partial charge in [-0.25, -0.2) is 4.98 Å². The Morgan fingerprint density at radius 2 is 1.95 bits per heavy atom. The van der Waals surface area contributed by atoms with E-state index >= 15 is 0 Å². The number of pyridine rings is 1. The summed E-state index contributed by atoms with van der Waals surface area (Å²) in [5.41, 5.74) is 6.92. The van der Waals surface area contributed by atoms with Gasteiger partial charge >= 0.3 is 0 Å². The van der Waals surface area contributed by atoms with Crippen molar-refractivity contribution in [1.82, 2.24) is 4.98 Å². The number of amides is 1. The van der Waals surface area contributed by atoms with Crippen LogP contribution in [0.2, 0.25) is 0 Å². The van der Waals surface area contributed by atoms with Crippen molar-refractivity contribution in [3.8, 4) is 11.5 Å². The average molecular weight is 350 g/mol. The number of benzene rings is 1. The van der Waals surface area contributed by atoms with Crippen molar-refractivity contribution in [1.29, 1.82) is 0 Å². The highest BCUT2D eigenvalue weighted by Gasteiger charge is 2.17. The number of rotatable bonds is 2. The van der Waals surface area contributed by atoms with Crippen LogP contribution in [0, 0.1) is 0 Å². The van der Waals surface area contributed by atoms with Crippen LogP contribution in [0.5, 0.6) is 11.5 Å². The third-order valence-electron chi connectivity index (χ3n) is 2.90. The van der Waals surface area contributed by atoms with Gasteiger partial charge in [0.15, 0.2) is 11.5 Å². The normalized spacial score (nSPS) is 12.8. The topological polar surface area (TPSA) is 86.5 Å². The zero-order valence-electron chi connectivity index (χ0n) is 10.9. The number of nitrogens with one attached hydrogen (secondary N) is 1. The molecule has 1 aromatic carbocycles. The number of halogens is 1. The van der Waals surface area contributed by atoms with Gasteiger partial charge in [-0.2, -0.15) is 0 Å². The summed E-state index contributed by atoms with van der Waals surface area (Å²) in [5, 5.41) is 2.77. The van der Waals surface area contributed by atoms with Crippen molar-refractivity contribution in [3.63, 3.8) is 0 Å². The molecule has 1 aliphatic heterocycles. The van der Waals surface area contributed by atoms with Crippen molar-refractivity contribution in [2.24, 2.45) is 0 Å². The molecule has 1 aliphatic rings. The summed E-state index contributed by atoms with van der Waals surface area (Å²) in [5.74, 6) is 0.925. The van der Waals surface area contributed by atoms with Crippen LogP contribution in [0.1, 0.15) is 10.5 Å². The number of aromatic nitrogens is 1. The van der Waals surface area contributed by atoms with Crippen molar-refractivity contribution in [3.05, 3.63) is 40.6 Å². The predicted octanol–water partition coefficient (Wildman–Crippen LogP) is 2.45. The fourth-order valence-electron chi connectivity index (χ4n) is 1.89. The molecule has 7 heteroatoms. The zero-order chi connectivity index (χ0) is 14.8. The molecule has 0 unspecified atom stereocenters. The second-order valence-electron chi connectivity index (χ2n) is 4.41. The second-order valence-corrected chi connectivity index (χ2v) is 5.26. The molecule has 0 radical (unpaired) electrons. The number of hydrogen-bond acceptors (Lipinski definition) is 5. The highest BCUT2D eigenvalue weighted by Crippen LogP contribution is 2.38. The average Bonchev–Trinajstić information content (AvgIpc) is 2.48. The van der Waals surface area contributed by atoms with E-state index < -0.39 is 0 Å². The van der Waals surface area contributed by atoms with Crippen molar-refractivity contribution < 1.29 is 14.3 Å². The molecule has 3 N–H and O–H groups in total. The van der Waals surface area contributed by atoms with Gasteiger partial charge < -0.3 is 20.5 Å². The lowest BCUT2D eigenvalue weighted by Crippen LogP contribution is -2.17. The lowest BCUT2D eigenvalue weighted by molar-refractivity contribution is 0.102. The van der Waals surface area contributed by atoms with Crippen molar-refractivity contribution in [2.45, 2.75) is 0 Å². The summed E-state index contributed by atoms with van der Waals surface area (Å²) in [7, 11) is 0. The molecule has 0 fully saturated rings. The molecule has 1 amide bonds. The first-order valence-corrected chi connectivity index (χ1v) is 7.05. The van der Waals surface area contributed by atoms with E-state index in [4.69, 9.17) is 15.2 Å². The highest BCUT2D eigenvalue weighted by atomic mass is 79.9. The SMILES string of the molecule is Nc1ccc(C(=O)Nc2cc3c(cc2Br)OCCO3)nc1. The third kappa shape index (κ3) is 2.92. The van der Waals surface area contributed by atoms with Gasteiger partial charge in [-0.05, 0) is 28.1 Å². The molecule has 21 heavy (non-hydrogen) atoms. The van der Waals surface area contributed by atoms with Gasteiger partial charge in [0.1, 0.15) is 18.9 Å². The summed E-state index contributed by atoms with van der Waals surface area (Å²) in [6.07, 6.45) is 1.44. The quantitative estimate of drug-likeness (QED) is 0.869. The fourth-order valence-corrected chi connectivity index (χ4v) is 2.31. The van der Waals surface area contributed by atoms with E-state index in [0.717, 1.165) is 0 Å².